The number of rotatable bonds is 39. The highest BCUT2D eigenvalue weighted by molar-refractivity contribution is 7.14. The molecule has 1 aromatic carbocycles. The van der Waals surface area contributed by atoms with E-state index in [0.717, 1.165) is 54.3 Å². The number of carbonyl (C=O) groups excluding carboxylic acids is 2. The van der Waals surface area contributed by atoms with Gasteiger partial charge in [0.2, 0.25) is 17.4 Å². The van der Waals surface area contributed by atoms with Crippen LogP contribution in [0.3, 0.4) is 0 Å². The summed E-state index contributed by atoms with van der Waals surface area (Å²) in [6, 6.07) is 1.98. The van der Waals surface area contributed by atoms with Gasteiger partial charge in [-0.05, 0) is 51.4 Å². The summed E-state index contributed by atoms with van der Waals surface area (Å²) in [6.07, 6.45) is 4.54. The van der Waals surface area contributed by atoms with Gasteiger partial charge in [0, 0.05) is 37.1 Å². The van der Waals surface area contributed by atoms with E-state index in [0.29, 0.717) is 143 Å². The van der Waals surface area contributed by atoms with Crippen LogP contribution in [0.1, 0.15) is 55.7 Å². The zero-order valence-electron chi connectivity index (χ0n) is 42.1. The van der Waals surface area contributed by atoms with Crippen molar-refractivity contribution in [2.24, 2.45) is 16.6 Å². The Hall–Kier alpha value is -4.13. The summed E-state index contributed by atoms with van der Waals surface area (Å²) in [7, 11) is 0. The Kier molecular flexibility index (Phi) is 31.6. The molecule has 2 aliphatic heterocycles. The van der Waals surface area contributed by atoms with Crippen LogP contribution in [0, 0.1) is 41.0 Å². The molecule has 3 heterocycles. The molecule has 1 saturated heterocycles. The smallest absolute Gasteiger partial charge is 0.313 e. The molecule has 2 N–H and O–H groups in total. The van der Waals surface area contributed by atoms with Crippen LogP contribution in [0.15, 0.2) is 22.7 Å². The van der Waals surface area contributed by atoms with Crippen molar-refractivity contribution in [3.8, 4) is 17.6 Å². The number of likely N-dealkylation sites (tertiary alicyclic amines) is 1. The molecule has 0 saturated carbocycles. The first kappa shape index (κ1) is 61.4. The van der Waals surface area contributed by atoms with Crippen molar-refractivity contribution in [1.82, 2.24) is 9.96 Å². The normalized spacial score (nSPS) is 14.1. The number of amides is 1. The standard InChI is InChI=1S/C50H72F4N4O14S/c1-3-10-58(71-4-2)50(60)39-34-44-43(56-45(55)35-39)36-40(73-44)6-5-38-7-11-57(12-8-38)13-15-62-17-19-64-21-23-66-25-27-68-29-31-70-33-32-69-30-28-67-26-24-65-22-20-63-18-16-61-14-9-46(59)72-49-47(53)41(51)37-42(52)48(49)54/h34,36-38H,3-4,7-33,35H2,1-2H3,(H2,55,56). The van der Waals surface area contributed by atoms with Crippen LogP contribution in [0.2, 0.25) is 0 Å². The first-order valence-corrected chi connectivity index (χ1v) is 25.6. The molecule has 410 valence electrons. The average molecular weight is 1060 g/mol. The molecular formula is C50H72F4N4O14S. The van der Waals surface area contributed by atoms with E-state index in [4.69, 9.17) is 57.9 Å². The summed E-state index contributed by atoms with van der Waals surface area (Å²) in [5.74, 6) is -2.15. The third kappa shape index (κ3) is 25.3. The summed E-state index contributed by atoms with van der Waals surface area (Å²) in [5.41, 5.74) is 7.51. The van der Waals surface area contributed by atoms with Crippen LogP contribution in [-0.2, 0) is 61.8 Å². The Morgan fingerprint density at radius 1 is 0.699 bits per heavy atom. The summed E-state index contributed by atoms with van der Waals surface area (Å²) in [6.45, 7) is 15.3. The lowest BCUT2D eigenvalue weighted by atomic mass is 9.97. The molecule has 0 spiro atoms. The molecule has 0 aliphatic carbocycles. The van der Waals surface area contributed by atoms with Gasteiger partial charge in [0.15, 0.2) is 11.6 Å². The molecule has 1 aromatic heterocycles. The number of halogens is 4. The van der Waals surface area contributed by atoms with Crippen LogP contribution in [0.25, 0.3) is 6.08 Å². The number of benzene rings is 1. The molecule has 0 unspecified atom stereocenters. The van der Waals surface area contributed by atoms with E-state index in [-0.39, 0.29) is 38.2 Å². The zero-order valence-corrected chi connectivity index (χ0v) is 42.9. The second-order valence-corrected chi connectivity index (χ2v) is 17.2. The lowest BCUT2D eigenvalue weighted by molar-refractivity contribution is -0.180. The average Bonchev–Trinajstić information content (AvgIpc) is 3.68. The van der Waals surface area contributed by atoms with Gasteiger partial charge in [-0.15, -0.1) is 11.3 Å². The Bertz CT molecular complexity index is 2000. The van der Waals surface area contributed by atoms with Crippen molar-refractivity contribution in [3.63, 3.8) is 0 Å². The molecule has 1 amide bonds. The lowest BCUT2D eigenvalue weighted by Crippen LogP contribution is -2.35. The number of hydroxylamine groups is 2. The minimum absolute atomic E-state index is 0.0183. The maximum Gasteiger partial charge on any atom is 0.313 e. The third-order valence-electron chi connectivity index (χ3n) is 10.5. The molecule has 0 radical (unpaired) electrons. The number of piperidine rings is 1. The molecule has 0 atom stereocenters. The van der Waals surface area contributed by atoms with Gasteiger partial charge < -0.3 is 62.7 Å². The van der Waals surface area contributed by atoms with E-state index in [1.54, 1.807) is 0 Å². The maximum absolute atomic E-state index is 13.6. The Morgan fingerprint density at radius 2 is 1.16 bits per heavy atom. The molecule has 0 bridgehead atoms. The van der Waals surface area contributed by atoms with E-state index < -0.39 is 41.4 Å². The molecule has 1 fully saturated rings. The van der Waals surface area contributed by atoms with Gasteiger partial charge >= 0.3 is 5.97 Å². The van der Waals surface area contributed by atoms with Gasteiger partial charge in [-0.3, -0.25) is 14.4 Å². The van der Waals surface area contributed by atoms with Gasteiger partial charge in [0.05, 0.1) is 161 Å². The Labute approximate surface area is 429 Å². The maximum atomic E-state index is 13.6. The predicted molar refractivity (Wildman–Crippen MR) is 263 cm³/mol. The number of thiophene rings is 1. The number of hydrogen-bond acceptors (Lipinski definition) is 18. The molecule has 73 heavy (non-hydrogen) atoms. The quantitative estimate of drug-likeness (QED) is 0.0168. The van der Waals surface area contributed by atoms with Crippen molar-refractivity contribution in [1.29, 1.82) is 0 Å². The lowest BCUT2D eigenvalue weighted by Gasteiger charge is -2.29. The van der Waals surface area contributed by atoms with E-state index >= 15 is 0 Å². The van der Waals surface area contributed by atoms with Gasteiger partial charge in [-0.25, -0.2) is 18.8 Å². The van der Waals surface area contributed by atoms with E-state index in [2.05, 4.69) is 26.5 Å². The van der Waals surface area contributed by atoms with Crippen LogP contribution in [0.4, 0.5) is 23.2 Å². The van der Waals surface area contributed by atoms with Crippen molar-refractivity contribution in [2.45, 2.75) is 46.0 Å². The molecular weight excluding hydrogens is 989 g/mol. The van der Waals surface area contributed by atoms with Gasteiger partial charge in [-0.2, -0.15) is 8.78 Å². The summed E-state index contributed by atoms with van der Waals surface area (Å²) < 4.78 is 113. The van der Waals surface area contributed by atoms with Crippen LogP contribution >= 0.6 is 11.3 Å². The predicted octanol–water partition coefficient (Wildman–Crippen LogP) is 5.50. The number of ether oxygens (including phenoxy) is 11. The van der Waals surface area contributed by atoms with Crippen molar-refractivity contribution in [3.05, 3.63) is 50.7 Å². The number of hydrogen-bond donors (Lipinski definition) is 1. The highest BCUT2D eigenvalue weighted by atomic mass is 32.1. The van der Waals surface area contributed by atoms with Gasteiger partial charge in [-0.1, -0.05) is 18.8 Å². The monoisotopic (exact) mass is 1060 g/mol. The fourth-order valence-corrected chi connectivity index (χ4v) is 7.77. The van der Waals surface area contributed by atoms with E-state index in [1.165, 1.54) is 16.4 Å². The largest absolute Gasteiger partial charge is 0.420 e. The first-order chi connectivity index (χ1) is 35.6. The van der Waals surface area contributed by atoms with E-state index in [1.807, 2.05) is 26.0 Å². The van der Waals surface area contributed by atoms with Crippen molar-refractivity contribution < 1.29 is 84.1 Å². The highest BCUT2D eigenvalue weighted by Crippen LogP contribution is 2.35. The summed E-state index contributed by atoms with van der Waals surface area (Å²) in [5, 5.41) is 1.41. The highest BCUT2D eigenvalue weighted by Gasteiger charge is 2.25. The molecule has 2 aromatic rings. The molecule has 2 aliphatic rings. The number of carbonyl (C=O) groups is 2. The van der Waals surface area contributed by atoms with Crippen LogP contribution in [0.5, 0.6) is 5.75 Å². The summed E-state index contributed by atoms with van der Waals surface area (Å²) in [4.78, 5) is 39.2. The SMILES string of the molecule is CCCN(OCC)C(=O)C1=Cc2sc(C#CC3CCN(CCOCCOCCOCCOCCOCCOCCOCCOCCOCCOCCC(=O)Oc4c(F)c(F)cc(F)c4F)CC3)cc2N=C(N)C1. The number of fused-ring (bicyclic) bond motifs is 1. The minimum atomic E-state index is -1.80. The summed E-state index contributed by atoms with van der Waals surface area (Å²) >= 11 is 1.53. The van der Waals surface area contributed by atoms with Crippen molar-refractivity contribution >= 4 is 40.8 Å². The number of nitrogens with two attached hydrogens (primary N) is 1. The number of amidine groups is 1. The van der Waals surface area contributed by atoms with Crippen LogP contribution < -0.4 is 10.5 Å². The minimum Gasteiger partial charge on any atom is -0.420 e. The second kappa shape index (κ2) is 37.6. The van der Waals surface area contributed by atoms with Crippen molar-refractivity contribution in [2.75, 3.05) is 165 Å². The Balaban J connectivity index is 0.835. The van der Waals surface area contributed by atoms with E-state index in [9.17, 15) is 27.2 Å². The number of nitrogens with zero attached hydrogens (tertiary/aromatic N) is 3. The zero-order chi connectivity index (χ0) is 52.3. The topological polar surface area (TPSA) is 190 Å². The van der Waals surface area contributed by atoms with Crippen LogP contribution in [-0.4, -0.2) is 193 Å². The Morgan fingerprint density at radius 3 is 1.63 bits per heavy atom. The molecule has 4 rings (SSSR count). The number of esters is 1. The van der Waals surface area contributed by atoms with Gasteiger partial charge in [0.25, 0.3) is 5.91 Å². The third-order valence-corrected chi connectivity index (χ3v) is 11.5. The first-order valence-electron chi connectivity index (χ1n) is 24.8. The molecule has 23 heteroatoms. The second-order valence-electron chi connectivity index (χ2n) is 16.2. The fourth-order valence-electron chi connectivity index (χ4n) is 6.84. The molecule has 18 nitrogen and oxygen atoms in total. The fraction of sp³-hybridized carbons (Fsp3) is 0.660. The van der Waals surface area contributed by atoms with Gasteiger partial charge in [0.1, 0.15) is 5.84 Å². The number of aliphatic imine (C=N–C) groups is 1.